The Labute approximate surface area is 213 Å². The standard InChI is InChI=1S/C26H29N5O4S/c1-14(2)23(21-10-22(34-4)30-35-21)26(33)31-12-18(32)9-20(31)25-27-11-19(29-25)16-6-5-7-17(8-16)24-15(3)28-13-36-24/h5-8,10-11,13-14,18,20,23,32H,9,12H2,1-4H3,(H,27,29)/t18-,20+,23?/m1/s1. The van der Waals surface area contributed by atoms with E-state index in [9.17, 15) is 9.90 Å². The Bertz CT molecular complexity index is 1360. The van der Waals surface area contributed by atoms with Gasteiger partial charge in [0.15, 0.2) is 5.76 Å². The van der Waals surface area contributed by atoms with Crippen molar-refractivity contribution in [3.8, 4) is 27.6 Å². The predicted molar refractivity (Wildman–Crippen MR) is 136 cm³/mol. The molecule has 0 aliphatic carbocycles. The lowest BCUT2D eigenvalue weighted by molar-refractivity contribution is -0.135. The molecule has 4 heterocycles. The molecule has 188 valence electrons. The van der Waals surface area contributed by atoms with E-state index in [0.717, 1.165) is 27.4 Å². The molecular weight excluding hydrogens is 478 g/mol. The number of ether oxygens (including phenoxy) is 1. The third-order valence-corrected chi connectivity index (χ3v) is 7.59. The molecule has 1 aliphatic heterocycles. The molecule has 1 aliphatic rings. The topological polar surface area (TPSA) is 117 Å². The monoisotopic (exact) mass is 507 g/mol. The fourth-order valence-electron chi connectivity index (χ4n) is 4.81. The van der Waals surface area contributed by atoms with Crippen LogP contribution in [-0.2, 0) is 4.79 Å². The number of methoxy groups -OCH3 is 1. The van der Waals surface area contributed by atoms with Gasteiger partial charge in [0.2, 0.25) is 5.91 Å². The van der Waals surface area contributed by atoms with Crippen LogP contribution >= 0.6 is 11.3 Å². The van der Waals surface area contributed by atoms with Crippen LogP contribution in [0.15, 0.2) is 46.6 Å². The van der Waals surface area contributed by atoms with Crippen molar-refractivity contribution >= 4 is 17.2 Å². The summed E-state index contributed by atoms with van der Waals surface area (Å²) in [6, 6.07) is 9.48. The Hall–Kier alpha value is -3.50. The molecule has 0 spiro atoms. The minimum Gasteiger partial charge on any atom is -0.479 e. The average Bonchev–Trinajstić information content (AvgIpc) is 3.65. The summed E-state index contributed by atoms with van der Waals surface area (Å²) in [6.07, 6.45) is 1.55. The highest BCUT2D eigenvalue weighted by atomic mass is 32.1. The fourth-order valence-corrected chi connectivity index (χ4v) is 5.61. The van der Waals surface area contributed by atoms with Crippen LogP contribution in [0.3, 0.4) is 0 Å². The van der Waals surface area contributed by atoms with Gasteiger partial charge in [-0.1, -0.05) is 32.0 Å². The van der Waals surface area contributed by atoms with Gasteiger partial charge in [0.25, 0.3) is 5.88 Å². The molecule has 2 N–H and O–H groups in total. The summed E-state index contributed by atoms with van der Waals surface area (Å²) in [5.74, 6) is 0.690. The first-order valence-electron chi connectivity index (χ1n) is 11.9. The Kier molecular flexibility index (Phi) is 6.63. The number of carbonyl (C=O) groups is 1. The van der Waals surface area contributed by atoms with Gasteiger partial charge in [-0.2, -0.15) is 0 Å². The zero-order chi connectivity index (χ0) is 25.4. The molecule has 36 heavy (non-hydrogen) atoms. The molecule has 9 nitrogen and oxygen atoms in total. The number of benzene rings is 1. The molecule has 10 heteroatoms. The number of nitrogens with one attached hydrogen (secondary N) is 1. The van der Waals surface area contributed by atoms with Gasteiger partial charge in [0.05, 0.1) is 47.2 Å². The third-order valence-electron chi connectivity index (χ3n) is 6.61. The van der Waals surface area contributed by atoms with Crippen molar-refractivity contribution in [2.24, 2.45) is 5.92 Å². The Morgan fingerprint density at radius 3 is 2.78 bits per heavy atom. The van der Waals surface area contributed by atoms with E-state index in [1.807, 2.05) is 38.4 Å². The summed E-state index contributed by atoms with van der Waals surface area (Å²) in [6.45, 7) is 6.15. The van der Waals surface area contributed by atoms with Crippen LogP contribution in [0.1, 0.15) is 49.5 Å². The van der Waals surface area contributed by atoms with Crippen molar-refractivity contribution in [1.29, 1.82) is 0 Å². The van der Waals surface area contributed by atoms with Crippen molar-refractivity contribution in [2.45, 2.75) is 45.3 Å². The van der Waals surface area contributed by atoms with Crippen LogP contribution < -0.4 is 4.74 Å². The van der Waals surface area contributed by atoms with E-state index >= 15 is 0 Å². The lowest BCUT2D eigenvalue weighted by Gasteiger charge is -2.28. The first-order valence-corrected chi connectivity index (χ1v) is 12.8. The molecule has 5 rings (SSSR count). The lowest BCUT2D eigenvalue weighted by atomic mass is 9.91. The highest BCUT2D eigenvalue weighted by molar-refractivity contribution is 7.13. The summed E-state index contributed by atoms with van der Waals surface area (Å²) in [4.78, 5) is 29.0. The fraction of sp³-hybridized carbons (Fsp3) is 0.385. The SMILES string of the molecule is COc1cc(C(C(=O)N2C[C@H](O)C[C@H]2c2ncc(-c3cccc(-c4scnc4C)c3)[nH]2)C(C)C)on1. The summed E-state index contributed by atoms with van der Waals surface area (Å²) >= 11 is 1.61. The third kappa shape index (κ3) is 4.54. The molecule has 3 atom stereocenters. The van der Waals surface area contributed by atoms with Gasteiger partial charge < -0.3 is 24.3 Å². The number of nitrogens with zero attached hydrogens (tertiary/aromatic N) is 4. The van der Waals surface area contributed by atoms with Gasteiger partial charge in [0.1, 0.15) is 11.7 Å². The van der Waals surface area contributed by atoms with Crippen LogP contribution in [0.2, 0.25) is 0 Å². The molecule has 0 saturated carbocycles. The number of carbonyl (C=O) groups excluding carboxylic acids is 1. The van der Waals surface area contributed by atoms with E-state index in [4.69, 9.17) is 9.26 Å². The predicted octanol–water partition coefficient (Wildman–Crippen LogP) is 4.58. The molecule has 1 saturated heterocycles. The number of hydrogen-bond donors (Lipinski definition) is 2. The molecule has 0 bridgehead atoms. The highest BCUT2D eigenvalue weighted by Gasteiger charge is 2.42. The number of aromatic nitrogens is 4. The summed E-state index contributed by atoms with van der Waals surface area (Å²) in [5.41, 5.74) is 5.79. The van der Waals surface area contributed by atoms with Gasteiger partial charge >= 0.3 is 0 Å². The smallest absolute Gasteiger partial charge is 0.254 e. The molecule has 3 aromatic heterocycles. The van der Waals surface area contributed by atoms with Crippen LogP contribution in [0.5, 0.6) is 5.88 Å². The maximum Gasteiger partial charge on any atom is 0.254 e. The Morgan fingerprint density at radius 1 is 1.28 bits per heavy atom. The second kappa shape index (κ2) is 9.87. The van der Waals surface area contributed by atoms with Crippen LogP contribution in [0, 0.1) is 12.8 Å². The van der Waals surface area contributed by atoms with Crippen LogP contribution in [-0.4, -0.2) is 55.8 Å². The number of amides is 1. The number of likely N-dealkylation sites (tertiary alicyclic amines) is 1. The summed E-state index contributed by atoms with van der Waals surface area (Å²) < 4.78 is 10.6. The van der Waals surface area contributed by atoms with Crippen molar-refractivity contribution in [3.63, 3.8) is 0 Å². The number of H-pyrrole nitrogens is 1. The number of β-amino-alcohol motifs (C(OH)–C–C–N with tert-alkyl or cyclic N) is 1. The number of imidazole rings is 1. The van der Waals surface area contributed by atoms with E-state index in [2.05, 4.69) is 32.2 Å². The van der Waals surface area contributed by atoms with Crippen molar-refractivity contribution < 1.29 is 19.2 Å². The normalized spacial score (nSPS) is 18.7. The minimum atomic E-state index is -0.637. The van der Waals surface area contributed by atoms with Crippen molar-refractivity contribution in [1.82, 2.24) is 25.0 Å². The number of aryl methyl sites for hydroxylation is 1. The summed E-state index contributed by atoms with van der Waals surface area (Å²) in [7, 11) is 1.50. The van der Waals surface area contributed by atoms with Gasteiger partial charge in [0, 0.05) is 24.6 Å². The zero-order valence-corrected chi connectivity index (χ0v) is 21.5. The Balaban J connectivity index is 1.42. The number of rotatable bonds is 7. The molecular formula is C26H29N5O4S. The first kappa shape index (κ1) is 24.2. The molecule has 1 fully saturated rings. The quantitative estimate of drug-likeness (QED) is 0.376. The number of hydrogen-bond acceptors (Lipinski definition) is 8. The largest absolute Gasteiger partial charge is 0.479 e. The van der Waals surface area contributed by atoms with Crippen molar-refractivity contribution in [2.75, 3.05) is 13.7 Å². The van der Waals surface area contributed by atoms with E-state index in [0.29, 0.717) is 23.9 Å². The average molecular weight is 508 g/mol. The van der Waals surface area contributed by atoms with Gasteiger partial charge in [-0.15, -0.1) is 11.3 Å². The molecule has 0 radical (unpaired) electrons. The van der Waals surface area contributed by atoms with Crippen LogP contribution in [0.4, 0.5) is 0 Å². The van der Waals surface area contributed by atoms with E-state index in [-0.39, 0.29) is 24.4 Å². The second-order valence-electron chi connectivity index (χ2n) is 9.42. The van der Waals surface area contributed by atoms with Gasteiger partial charge in [-0.25, -0.2) is 9.97 Å². The Morgan fingerprint density at radius 2 is 2.08 bits per heavy atom. The van der Waals surface area contributed by atoms with E-state index in [1.165, 1.54) is 7.11 Å². The number of aliphatic hydroxyl groups excluding tert-OH is 1. The van der Waals surface area contributed by atoms with E-state index < -0.39 is 12.0 Å². The van der Waals surface area contributed by atoms with E-state index in [1.54, 1.807) is 28.5 Å². The number of aromatic amines is 1. The highest BCUT2D eigenvalue weighted by Crippen LogP contribution is 2.38. The lowest BCUT2D eigenvalue weighted by Crippen LogP contribution is -2.37. The maximum atomic E-state index is 13.7. The molecule has 1 unspecified atom stereocenters. The second-order valence-corrected chi connectivity index (χ2v) is 10.3. The van der Waals surface area contributed by atoms with Crippen molar-refractivity contribution in [3.05, 3.63) is 59.3 Å². The molecule has 4 aromatic rings. The first-order chi connectivity index (χ1) is 17.4. The number of aliphatic hydroxyl groups is 1. The summed E-state index contributed by atoms with van der Waals surface area (Å²) in [5, 5.41) is 14.4. The molecule has 1 amide bonds. The zero-order valence-electron chi connectivity index (χ0n) is 20.6. The number of thiazole rings is 1. The minimum absolute atomic E-state index is 0.0429. The maximum absolute atomic E-state index is 13.7. The molecule has 1 aromatic carbocycles. The van der Waals surface area contributed by atoms with Gasteiger partial charge in [-0.05, 0) is 29.6 Å². The van der Waals surface area contributed by atoms with Gasteiger partial charge in [-0.3, -0.25) is 4.79 Å². The van der Waals surface area contributed by atoms with Crippen LogP contribution in [0.25, 0.3) is 21.7 Å².